The fourth-order valence-electron chi connectivity index (χ4n) is 0.499. The minimum absolute atomic E-state index is 0. The molecule has 0 N–H and O–H groups in total. The van der Waals surface area contributed by atoms with Crippen molar-refractivity contribution in [3.05, 3.63) is 0 Å². The molecular formula is C5H11IN2S3. The summed E-state index contributed by atoms with van der Waals surface area (Å²) in [5.74, 6) is 0. The highest BCUT2D eigenvalue weighted by molar-refractivity contribution is 14.0. The molecule has 0 radical (unpaired) electrons. The molecule has 0 saturated heterocycles. The van der Waals surface area contributed by atoms with E-state index in [1.165, 1.54) is 0 Å². The van der Waals surface area contributed by atoms with Gasteiger partial charge in [-0.2, -0.15) is 0 Å². The fraction of sp³-hybridized carbons (Fsp3) is 0.800. The second-order valence-corrected chi connectivity index (χ2v) is 5.49. The normalized spacial score (nSPS) is 22.5. The van der Waals surface area contributed by atoms with E-state index in [0.717, 1.165) is 5.17 Å². The highest BCUT2D eigenvalue weighted by Crippen LogP contribution is 2.41. The van der Waals surface area contributed by atoms with Crippen molar-refractivity contribution in [2.75, 3.05) is 20.4 Å². The van der Waals surface area contributed by atoms with Gasteiger partial charge in [0, 0.05) is 14.1 Å². The van der Waals surface area contributed by atoms with E-state index >= 15 is 0 Å². The molecule has 0 saturated carbocycles. The lowest BCUT2D eigenvalue weighted by molar-refractivity contribution is 0.635. The molecule has 1 aliphatic heterocycles. The van der Waals surface area contributed by atoms with E-state index in [-0.39, 0.29) is 24.0 Å². The summed E-state index contributed by atoms with van der Waals surface area (Å²) >= 11 is 1.78. The Morgan fingerprint density at radius 2 is 2.18 bits per heavy atom. The first-order valence-electron chi connectivity index (χ1n) is 2.85. The van der Waals surface area contributed by atoms with Crippen molar-refractivity contribution < 1.29 is 0 Å². The van der Waals surface area contributed by atoms with Crippen LogP contribution < -0.4 is 0 Å². The van der Waals surface area contributed by atoms with Crippen molar-refractivity contribution >= 4 is 62.5 Å². The van der Waals surface area contributed by atoms with E-state index in [2.05, 4.69) is 11.2 Å². The Bertz CT molecular complexity index is 151. The summed E-state index contributed by atoms with van der Waals surface area (Å²) in [6, 6.07) is 0. The molecule has 0 fully saturated rings. The molecule has 66 valence electrons. The van der Waals surface area contributed by atoms with Crippen LogP contribution >= 0.6 is 57.3 Å². The molecule has 0 spiro atoms. The van der Waals surface area contributed by atoms with Gasteiger partial charge < -0.3 is 4.90 Å². The molecule has 0 bridgehead atoms. The maximum absolute atomic E-state index is 4.44. The number of nitrogens with zero attached hydrogens (tertiary/aromatic N) is 2. The Morgan fingerprint density at radius 1 is 1.55 bits per heavy atom. The van der Waals surface area contributed by atoms with Crippen molar-refractivity contribution in [1.29, 1.82) is 0 Å². The van der Waals surface area contributed by atoms with E-state index in [9.17, 15) is 0 Å². The minimum Gasteiger partial charge on any atom is -0.357 e. The summed E-state index contributed by atoms with van der Waals surface area (Å²) in [4.78, 5) is 6.49. The molecule has 2 nitrogen and oxygen atoms in total. The number of hydrogen-bond acceptors (Lipinski definition) is 5. The van der Waals surface area contributed by atoms with E-state index in [1.54, 1.807) is 22.6 Å². The third-order valence-electron chi connectivity index (χ3n) is 1.01. The van der Waals surface area contributed by atoms with Crippen LogP contribution in [0.1, 0.15) is 0 Å². The van der Waals surface area contributed by atoms with Crippen LogP contribution in [0.4, 0.5) is 0 Å². The van der Waals surface area contributed by atoms with Gasteiger partial charge in [0.05, 0.1) is 0 Å². The van der Waals surface area contributed by atoms with Crippen LogP contribution in [0.3, 0.4) is 0 Å². The predicted molar refractivity (Wildman–Crippen MR) is 69.0 cm³/mol. The largest absolute Gasteiger partial charge is 0.357 e. The standard InChI is InChI=1S/C5H10N2S3.HI/c1-7(2)4-6-5(8-3)10-9-4;/h5H,1-3H3;1H. The van der Waals surface area contributed by atoms with Gasteiger partial charge in [0.2, 0.25) is 0 Å². The summed E-state index contributed by atoms with van der Waals surface area (Å²) < 4.78 is 0.405. The Morgan fingerprint density at radius 3 is 2.45 bits per heavy atom. The first kappa shape index (κ1) is 12.2. The van der Waals surface area contributed by atoms with Crippen LogP contribution in [0.25, 0.3) is 0 Å². The Kier molecular flexibility index (Phi) is 6.48. The van der Waals surface area contributed by atoms with Crippen LogP contribution in [0.15, 0.2) is 4.99 Å². The van der Waals surface area contributed by atoms with Crippen molar-refractivity contribution in [2.24, 2.45) is 4.99 Å². The average molecular weight is 322 g/mol. The fourth-order valence-corrected chi connectivity index (χ4v) is 4.03. The van der Waals surface area contributed by atoms with Crippen LogP contribution in [0.2, 0.25) is 0 Å². The molecule has 6 heteroatoms. The quantitative estimate of drug-likeness (QED) is 0.544. The van der Waals surface area contributed by atoms with E-state index < -0.39 is 0 Å². The van der Waals surface area contributed by atoms with Crippen LogP contribution in [-0.2, 0) is 0 Å². The van der Waals surface area contributed by atoms with Crippen LogP contribution in [0, 0.1) is 0 Å². The molecule has 0 aromatic rings. The van der Waals surface area contributed by atoms with Crippen molar-refractivity contribution in [2.45, 2.75) is 4.71 Å². The van der Waals surface area contributed by atoms with Gasteiger partial charge in [-0.25, -0.2) is 4.99 Å². The summed E-state index contributed by atoms with van der Waals surface area (Å²) in [5.41, 5.74) is 0. The summed E-state index contributed by atoms with van der Waals surface area (Å²) in [5, 5.41) is 1.13. The summed E-state index contributed by atoms with van der Waals surface area (Å²) in [6.07, 6.45) is 2.08. The van der Waals surface area contributed by atoms with Gasteiger partial charge in [-0.15, -0.1) is 35.7 Å². The zero-order chi connectivity index (χ0) is 7.56. The molecule has 1 heterocycles. The first-order chi connectivity index (χ1) is 4.74. The van der Waals surface area contributed by atoms with Gasteiger partial charge in [-0.1, -0.05) is 0 Å². The summed E-state index contributed by atoms with van der Waals surface area (Å²) in [6.45, 7) is 0. The van der Waals surface area contributed by atoms with Crippen LogP contribution in [-0.4, -0.2) is 35.1 Å². The number of hydrogen-bond donors (Lipinski definition) is 0. The topological polar surface area (TPSA) is 15.6 Å². The molecule has 1 unspecified atom stereocenters. The number of aliphatic imine (C=N–C) groups is 1. The molecule has 0 aromatic carbocycles. The van der Waals surface area contributed by atoms with Gasteiger partial charge in [0.15, 0.2) is 9.87 Å². The average Bonchev–Trinajstić information content (AvgIpc) is 2.34. The predicted octanol–water partition coefficient (Wildman–Crippen LogP) is 2.56. The van der Waals surface area contributed by atoms with Gasteiger partial charge >= 0.3 is 0 Å². The Hall–Kier alpha value is 1.25. The maximum Gasteiger partial charge on any atom is 0.171 e. The minimum atomic E-state index is 0. The smallest absolute Gasteiger partial charge is 0.171 e. The lowest BCUT2D eigenvalue weighted by atomic mass is 10.9. The molecule has 0 aromatic heterocycles. The molecule has 11 heavy (non-hydrogen) atoms. The second kappa shape index (κ2) is 5.82. The lowest BCUT2D eigenvalue weighted by Crippen LogP contribution is -2.16. The van der Waals surface area contributed by atoms with Gasteiger partial charge in [-0.05, 0) is 27.8 Å². The monoisotopic (exact) mass is 322 g/mol. The van der Waals surface area contributed by atoms with E-state index in [4.69, 9.17) is 0 Å². The lowest BCUT2D eigenvalue weighted by Gasteiger charge is -2.07. The zero-order valence-corrected chi connectivity index (χ0v) is 11.4. The molecule has 1 rings (SSSR count). The van der Waals surface area contributed by atoms with Crippen molar-refractivity contribution in [3.63, 3.8) is 0 Å². The number of thioether (sulfide) groups is 1. The maximum atomic E-state index is 4.44. The van der Waals surface area contributed by atoms with E-state index in [1.807, 2.05) is 29.8 Å². The highest BCUT2D eigenvalue weighted by atomic mass is 127. The zero-order valence-electron chi connectivity index (χ0n) is 6.60. The number of rotatable bonds is 1. The molecule has 1 aliphatic rings. The van der Waals surface area contributed by atoms with Crippen molar-refractivity contribution in [1.82, 2.24) is 4.90 Å². The van der Waals surface area contributed by atoms with Gasteiger partial charge in [-0.3, -0.25) is 0 Å². The Labute approximate surface area is 96.8 Å². The second-order valence-electron chi connectivity index (χ2n) is 2.03. The van der Waals surface area contributed by atoms with E-state index in [0.29, 0.717) is 4.71 Å². The van der Waals surface area contributed by atoms with Gasteiger partial charge in [0.1, 0.15) is 0 Å². The Balaban J connectivity index is 0.000001000. The number of amidine groups is 1. The number of halogens is 1. The first-order valence-corrected chi connectivity index (χ1v) is 6.35. The third kappa shape index (κ3) is 3.65. The third-order valence-corrected chi connectivity index (χ3v) is 5.01. The molecule has 1 atom stereocenters. The molecule has 0 aliphatic carbocycles. The summed E-state index contributed by atoms with van der Waals surface area (Å²) in [7, 11) is 7.61. The SMILES string of the molecule is CSC1N=C(N(C)C)SS1.I. The molecular weight excluding hydrogens is 311 g/mol. The van der Waals surface area contributed by atoms with Crippen LogP contribution in [0.5, 0.6) is 0 Å². The van der Waals surface area contributed by atoms with Gasteiger partial charge in [0.25, 0.3) is 0 Å². The van der Waals surface area contributed by atoms with Crippen molar-refractivity contribution in [3.8, 4) is 0 Å². The highest BCUT2D eigenvalue weighted by Gasteiger charge is 2.18. The molecule has 0 amide bonds.